The molecule has 0 atom stereocenters. The number of anilines is 1. The maximum absolute atomic E-state index is 13.6. The second kappa shape index (κ2) is 11.9. The molecule has 0 bridgehead atoms. The lowest BCUT2D eigenvalue weighted by Crippen LogP contribution is -2.38. The highest BCUT2D eigenvalue weighted by Crippen LogP contribution is 2.33. The van der Waals surface area contributed by atoms with E-state index in [1.54, 1.807) is 36.2 Å². The second-order valence-corrected chi connectivity index (χ2v) is 12.7. The van der Waals surface area contributed by atoms with E-state index < -0.39 is 10.0 Å². The van der Waals surface area contributed by atoms with E-state index in [-0.39, 0.29) is 16.8 Å². The van der Waals surface area contributed by atoms with Crippen molar-refractivity contribution in [2.75, 3.05) is 45.7 Å². The molecular weight excluding hydrogens is 508 g/mol. The SMILES string of the molecule is CCOc1ccc2nc(N(CCN(C)C)C(=O)c3ccc(S(=O)(=O)N(C)C4CCCCC4)cc3)sc2c1. The van der Waals surface area contributed by atoms with Crippen LogP contribution in [0.5, 0.6) is 5.75 Å². The number of aromatic nitrogens is 1. The van der Waals surface area contributed by atoms with Gasteiger partial charge < -0.3 is 9.64 Å². The van der Waals surface area contributed by atoms with Crippen molar-refractivity contribution >= 4 is 42.6 Å². The molecule has 0 radical (unpaired) electrons. The van der Waals surface area contributed by atoms with Crippen molar-refractivity contribution in [2.24, 2.45) is 0 Å². The lowest BCUT2D eigenvalue weighted by molar-refractivity contribution is 0.0985. The summed E-state index contributed by atoms with van der Waals surface area (Å²) in [6, 6.07) is 12.0. The number of sulfonamides is 1. The third kappa shape index (κ3) is 6.31. The number of carbonyl (C=O) groups excluding carboxylic acids is 1. The van der Waals surface area contributed by atoms with Crippen LogP contribution in [0, 0.1) is 0 Å². The van der Waals surface area contributed by atoms with Crippen molar-refractivity contribution in [3.05, 3.63) is 48.0 Å². The van der Waals surface area contributed by atoms with Gasteiger partial charge >= 0.3 is 0 Å². The van der Waals surface area contributed by atoms with E-state index in [9.17, 15) is 13.2 Å². The number of rotatable bonds is 10. The summed E-state index contributed by atoms with van der Waals surface area (Å²) in [4.78, 5) is 22.2. The van der Waals surface area contributed by atoms with Crippen LogP contribution >= 0.6 is 11.3 Å². The van der Waals surface area contributed by atoms with Gasteiger partial charge in [0.25, 0.3) is 5.91 Å². The molecule has 0 spiro atoms. The minimum Gasteiger partial charge on any atom is -0.494 e. The summed E-state index contributed by atoms with van der Waals surface area (Å²) < 4.78 is 34.5. The van der Waals surface area contributed by atoms with Crippen LogP contribution in [0.4, 0.5) is 5.13 Å². The molecule has 1 aromatic heterocycles. The van der Waals surface area contributed by atoms with E-state index in [0.717, 1.165) is 48.1 Å². The van der Waals surface area contributed by atoms with Crippen molar-refractivity contribution in [1.82, 2.24) is 14.2 Å². The topological polar surface area (TPSA) is 83.0 Å². The normalized spacial score (nSPS) is 15.0. The predicted molar refractivity (Wildman–Crippen MR) is 149 cm³/mol. The Hall–Kier alpha value is -2.53. The number of ether oxygens (including phenoxy) is 1. The van der Waals surface area contributed by atoms with Gasteiger partial charge in [0.1, 0.15) is 5.75 Å². The summed E-state index contributed by atoms with van der Waals surface area (Å²) in [6.07, 6.45) is 5.05. The number of hydrogen-bond acceptors (Lipinski definition) is 7. The molecule has 2 aromatic carbocycles. The lowest BCUT2D eigenvalue weighted by Gasteiger charge is -2.30. The van der Waals surface area contributed by atoms with E-state index in [1.807, 2.05) is 44.1 Å². The molecule has 0 saturated heterocycles. The largest absolute Gasteiger partial charge is 0.494 e. The monoisotopic (exact) mass is 544 g/mol. The average molecular weight is 545 g/mol. The molecule has 37 heavy (non-hydrogen) atoms. The average Bonchev–Trinajstić information content (AvgIpc) is 3.32. The van der Waals surface area contributed by atoms with Crippen LogP contribution in [0.1, 0.15) is 49.4 Å². The van der Waals surface area contributed by atoms with Gasteiger partial charge in [-0.2, -0.15) is 4.31 Å². The van der Waals surface area contributed by atoms with Gasteiger partial charge in [-0.15, -0.1) is 0 Å². The molecule has 3 aromatic rings. The fraction of sp³-hybridized carbons (Fsp3) is 0.481. The van der Waals surface area contributed by atoms with Crippen LogP contribution in [-0.2, 0) is 10.0 Å². The molecule has 200 valence electrons. The van der Waals surface area contributed by atoms with Crippen LogP contribution in [0.3, 0.4) is 0 Å². The highest BCUT2D eigenvalue weighted by Gasteiger charge is 2.29. The van der Waals surface area contributed by atoms with E-state index in [0.29, 0.717) is 30.4 Å². The smallest absolute Gasteiger partial charge is 0.260 e. The molecule has 1 fully saturated rings. The Balaban J connectivity index is 1.59. The Labute approximate surface area is 223 Å². The van der Waals surface area contributed by atoms with Gasteiger partial charge in [-0.25, -0.2) is 13.4 Å². The Morgan fingerprint density at radius 2 is 1.73 bits per heavy atom. The molecular formula is C27H36N4O4S2. The fourth-order valence-corrected chi connectivity index (χ4v) is 7.02. The molecule has 0 unspecified atom stereocenters. The van der Waals surface area contributed by atoms with Crippen molar-refractivity contribution in [1.29, 1.82) is 0 Å². The van der Waals surface area contributed by atoms with Crippen molar-refractivity contribution in [2.45, 2.75) is 50.0 Å². The number of fused-ring (bicyclic) bond motifs is 1. The molecule has 1 saturated carbocycles. The number of thiazole rings is 1. The summed E-state index contributed by atoms with van der Waals surface area (Å²) in [7, 11) is 1.95. The number of likely N-dealkylation sites (N-methyl/N-ethyl adjacent to an activating group) is 1. The van der Waals surface area contributed by atoms with Gasteiger partial charge in [0.2, 0.25) is 10.0 Å². The van der Waals surface area contributed by atoms with Crippen LogP contribution in [-0.4, -0.2) is 75.4 Å². The molecule has 1 aliphatic carbocycles. The molecule has 1 aliphatic rings. The first-order valence-electron chi connectivity index (χ1n) is 12.8. The van der Waals surface area contributed by atoms with Gasteiger partial charge in [-0.1, -0.05) is 30.6 Å². The molecule has 0 aliphatic heterocycles. The number of nitrogens with zero attached hydrogens (tertiary/aromatic N) is 4. The first-order chi connectivity index (χ1) is 17.7. The summed E-state index contributed by atoms with van der Waals surface area (Å²) in [5.41, 5.74) is 1.23. The molecule has 1 heterocycles. The number of amides is 1. The van der Waals surface area contributed by atoms with Crippen molar-refractivity contribution in [3.8, 4) is 5.75 Å². The van der Waals surface area contributed by atoms with Gasteiger partial charge in [0.15, 0.2) is 5.13 Å². The summed E-state index contributed by atoms with van der Waals surface area (Å²) in [5, 5.41) is 0.601. The Kier molecular flexibility index (Phi) is 8.84. The molecule has 1 amide bonds. The highest BCUT2D eigenvalue weighted by molar-refractivity contribution is 7.89. The van der Waals surface area contributed by atoms with E-state index >= 15 is 0 Å². The van der Waals surface area contributed by atoms with Crippen LogP contribution in [0.2, 0.25) is 0 Å². The second-order valence-electron chi connectivity index (χ2n) is 9.66. The molecule has 8 nitrogen and oxygen atoms in total. The molecule has 0 N–H and O–H groups in total. The van der Waals surface area contributed by atoms with E-state index in [2.05, 4.69) is 0 Å². The van der Waals surface area contributed by atoms with Crippen LogP contribution in [0.25, 0.3) is 10.2 Å². The number of benzene rings is 2. The van der Waals surface area contributed by atoms with Gasteiger partial charge in [0.05, 0.1) is 21.7 Å². The zero-order valence-corrected chi connectivity index (χ0v) is 23.6. The van der Waals surface area contributed by atoms with Crippen LogP contribution < -0.4 is 9.64 Å². The predicted octanol–water partition coefficient (Wildman–Crippen LogP) is 4.86. The Morgan fingerprint density at radius 1 is 1.03 bits per heavy atom. The molecule has 4 rings (SSSR count). The maximum atomic E-state index is 13.6. The van der Waals surface area contributed by atoms with E-state index in [4.69, 9.17) is 9.72 Å². The number of carbonyl (C=O) groups is 1. The summed E-state index contributed by atoms with van der Waals surface area (Å²) >= 11 is 1.44. The quantitative estimate of drug-likeness (QED) is 0.363. The zero-order valence-electron chi connectivity index (χ0n) is 22.0. The summed E-state index contributed by atoms with van der Waals surface area (Å²) in [5.74, 6) is 0.557. The molecule has 10 heteroatoms. The zero-order chi connectivity index (χ0) is 26.6. The lowest BCUT2D eigenvalue weighted by atomic mass is 9.96. The first-order valence-corrected chi connectivity index (χ1v) is 15.0. The third-order valence-electron chi connectivity index (χ3n) is 6.77. The van der Waals surface area contributed by atoms with Crippen molar-refractivity contribution < 1.29 is 17.9 Å². The van der Waals surface area contributed by atoms with Gasteiger partial charge in [-0.05, 0) is 76.3 Å². The minimum atomic E-state index is -3.62. The minimum absolute atomic E-state index is 0.0314. The number of hydrogen-bond donors (Lipinski definition) is 0. The summed E-state index contributed by atoms with van der Waals surface area (Å²) in [6.45, 7) is 3.63. The fourth-order valence-electron chi connectivity index (χ4n) is 4.58. The first kappa shape index (κ1) is 27.5. The Bertz CT molecular complexity index is 1320. The van der Waals surface area contributed by atoms with Crippen molar-refractivity contribution in [3.63, 3.8) is 0 Å². The maximum Gasteiger partial charge on any atom is 0.260 e. The highest BCUT2D eigenvalue weighted by atomic mass is 32.2. The third-order valence-corrected chi connectivity index (χ3v) is 9.74. The van der Waals surface area contributed by atoms with Gasteiger partial charge in [-0.3, -0.25) is 9.69 Å². The Morgan fingerprint density at radius 3 is 2.38 bits per heavy atom. The van der Waals surface area contributed by atoms with Gasteiger partial charge in [0, 0.05) is 31.7 Å². The van der Waals surface area contributed by atoms with E-state index in [1.165, 1.54) is 15.6 Å². The standard InChI is InChI=1S/C27H36N4O4S2/c1-5-35-22-13-16-24-25(19-22)36-27(28-24)31(18-17-29(2)3)26(32)20-11-14-23(15-12-20)37(33,34)30(4)21-9-7-6-8-10-21/h11-16,19,21H,5-10,17-18H2,1-4H3. The van der Waals surface area contributed by atoms with Crippen LogP contribution in [0.15, 0.2) is 47.4 Å².